The second-order valence-electron chi connectivity index (χ2n) is 7.08. The van der Waals surface area contributed by atoms with Gasteiger partial charge in [0.1, 0.15) is 11.9 Å². The van der Waals surface area contributed by atoms with E-state index in [0.717, 1.165) is 0 Å². The summed E-state index contributed by atoms with van der Waals surface area (Å²) in [5.74, 6) is -56.4. The summed E-state index contributed by atoms with van der Waals surface area (Å²) in [6.07, 6.45) is -12.8. The summed E-state index contributed by atoms with van der Waals surface area (Å²) in [4.78, 5) is 30.0. The molecule has 1 aromatic rings. The zero-order valence-corrected chi connectivity index (χ0v) is 21.0. The Morgan fingerprint density at radius 2 is 1.03 bits per heavy atom. The Labute approximate surface area is 226 Å². The van der Waals surface area contributed by atoms with Crippen LogP contribution < -0.4 is 44.1 Å². The maximum Gasteiger partial charge on any atom is 1.00 e. The van der Waals surface area contributed by atoms with E-state index in [9.17, 15) is 84.4 Å². The van der Waals surface area contributed by atoms with Gasteiger partial charge in [-0.3, -0.25) is 4.89 Å². The quantitative estimate of drug-likeness (QED) is 0.230. The number of hydrogen-bond donors (Lipinski definition) is 1. The number of halogens is 17. The van der Waals surface area contributed by atoms with Gasteiger partial charge in [0.2, 0.25) is 5.83 Å². The second kappa shape index (κ2) is 11.3. The molecule has 0 aliphatic heterocycles. The monoisotopic (exact) mass is 640 g/mol. The fraction of sp³-hybridized carbons (Fsp3) is 0.500. The Balaban J connectivity index is 0.0000144. The Morgan fingerprint density at radius 3 is 1.38 bits per heavy atom. The van der Waals surface area contributed by atoms with Gasteiger partial charge in [-0.15, -0.1) is 0 Å². The molecule has 0 aliphatic rings. The van der Waals surface area contributed by atoms with Gasteiger partial charge in [0.15, 0.2) is 0 Å². The smallest absolute Gasteiger partial charge is 0.659 e. The number of ether oxygens (including phenoxy) is 1. The van der Waals surface area contributed by atoms with Crippen LogP contribution in [0, 0.1) is 0 Å². The molecule has 0 spiro atoms. The topological polar surface area (TPSA) is 75.6 Å². The van der Waals surface area contributed by atoms with Crippen LogP contribution >= 0.6 is 7.94 Å². The molecule has 0 saturated heterocycles. The van der Waals surface area contributed by atoms with Crippen LogP contribution in [-0.4, -0.2) is 46.5 Å². The molecule has 4 nitrogen and oxygen atoms in total. The van der Waals surface area contributed by atoms with Crippen LogP contribution in [0.2, 0.25) is 0 Å². The van der Waals surface area contributed by atoms with Gasteiger partial charge in [-0.05, 0) is 17.7 Å². The van der Waals surface area contributed by atoms with E-state index in [2.05, 4.69) is 4.74 Å². The summed E-state index contributed by atoms with van der Waals surface area (Å²) >= 11 is 0. The normalized spacial score (nSPS) is 14.6. The van der Waals surface area contributed by atoms with E-state index in [1.807, 2.05) is 0 Å². The molecule has 0 saturated carbocycles. The number of alkyl halides is 14. The van der Waals surface area contributed by atoms with Crippen LogP contribution in [0.5, 0.6) is 5.75 Å². The molecule has 39 heavy (non-hydrogen) atoms. The van der Waals surface area contributed by atoms with Crippen LogP contribution in [-0.2, 0) is 6.16 Å². The molecule has 1 rings (SSSR count). The van der Waals surface area contributed by atoms with E-state index in [1.54, 1.807) is 0 Å². The molecule has 1 N–H and O–H groups in total. The minimum Gasteiger partial charge on any atom is -0.659 e. The van der Waals surface area contributed by atoms with Gasteiger partial charge < -0.3 is 14.5 Å². The van der Waals surface area contributed by atoms with Crippen LogP contribution in [0.15, 0.2) is 36.2 Å². The standard InChI is InChI=1S/C16H8F17O4P.Na/c17-8(9(18)19)10(20,21)11(22,23)12(24,25)13(26,27)14(28,29)15(30,31)16(32,33)37-7-3-1-6(2-4-7)5-38(34,35)36;/h1-4H,5H2,(H2,34,35,36);/q;+1/p-1. The molecular weight excluding hydrogens is 633 g/mol. The number of benzene rings is 1. The van der Waals surface area contributed by atoms with Crippen molar-refractivity contribution >= 4 is 7.94 Å². The fourth-order valence-corrected chi connectivity index (χ4v) is 3.01. The Hall–Kier alpha value is -1.12. The predicted molar refractivity (Wildman–Crippen MR) is 84.9 cm³/mol. The SMILES string of the molecule is [Na+].[O-][P+]([O-])(O)Cc1ccc(OC(F)(F)C(F)(F)C(F)(F)C(F)(F)C(F)(F)C(F)(F)C(F)(F)C(F)=C(F)F)cc1. The van der Waals surface area contributed by atoms with Gasteiger partial charge >= 0.3 is 77.3 Å². The maximum absolute atomic E-state index is 13.8. The average molecular weight is 640 g/mol. The van der Waals surface area contributed by atoms with E-state index >= 15 is 0 Å². The summed E-state index contributed by atoms with van der Waals surface area (Å²) in [6.45, 7) is 0. The Morgan fingerprint density at radius 1 is 0.667 bits per heavy atom. The van der Waals surface area contributed by atoms with Gasteiger partial charge in [-0.25, -0.2) is 0 Å². The van der Waals surface area contributed by atoms with Crippen LogP contribution in [0.4, 0.5) is 74.6 Å². The van der Waals surface area contributed by atoms with Gasteiger partial charge in [-0.2, -0.15) is 74.6 Å². The predicted octanol–water partition coefficient (Wildman–Crippen LogP) is 2.53. The third kappa shape index (κ3) is 6.53. The number of hydrogen-bond acceptors (Lipinski definition) is 4. The summed E-state index contributed by atoms with van der Waals surface area (Å²) in [5.41, 5.74) is -0.501. The van der Waals surface area contributed by atoms with Crippen molar-refractivity contribution in [3.63, 3.8) is 0 Å². The first-order valence-corrected chi connectivity index (χ1v) is 10.4. The molecule has 0 fully saturated rings. The van der Waals surface area contributed by atoms with Crippen molar-refractivity contribution in [1.82, 2.24) is 0 Å². The first kappa shape index (κ1) is 37.9. The molecule has 0 radical (unpaired) electrons. The zero-order valence-electron chi connectivity index (χ0n) is 18.1. The van der Waals surface area contributed by atoms with Crippen molar-refractivity contribution < 1.29 is 124 Å². The molecule has 220 valence electrons. The molecule has 0 aliphatic carbocycles. The third-order valence-corrected chi connectivity index (χ3v) is 5.10. The molecule has 0 amide bonds. The molecule has 1 aromatic carbocycles. The summed E-state index contributed by atoms with van der Waals surface area (Å²) in [5, 5.41) is 0. The van der Waals surface area contributed by atoms with Gasteiger partial charge in [0, 0.05) is 0 Å². The molecule has 0 aromatic heterocycles. The van der Waals surface area contributed by atoms with E-state index in [0.29, 0.717) is 12.1 Å². The Bertz CT molecular complexity index is 1040. The van der Waals surface area contributed by atoms with Crippen molar-refractivity contribution in [2.45, 2.75) is 47.8 Å². The molecule has 0 heterocycles. The zero-order chi connectivity index (χ0) is 30.6. The van der Waals surface area contributed by atoms with Crippen LogP contribution in [0.3, 0.4) is 0 Å². The third-order valence-electron chi connectivity index (χ3n) is 4.33. The molecule has 0 atom stereocenters. The molecular formula is C16H7F17NaO4P. The van der Waals surface area contributed by atoms with Gasteiger partial charge in [-0.1, -0.05) is 12.1 Å². The Kier molecular flexibility index (Phi) is 11.0. The van der Waals surface area contributed by atoms with E-state index < -0.39 is 79.0 Å². The molecule has 23 heteroatoms. The summed E-state index contributed by atoms with van der Waals surface area (Å²) in [6, 6.07) is 0.907. The van der Waals surface area contributed by atoms with E-state index in [-0.39, 0.29) is 41.7 Å². The van der Waals surface area contributed by atoms with Crippen LogP contribution in [0.1, 0.15) is 5.56 Å². The minimum absolute atomic E-state index is 0. The van der Waals surface area contributed by atoms with Crippen molar-refractivity contribution in [3.8, 4) is 5.75 Å². The first-order valence-electron chi connectivity index (χ1n) is 8.68. The molecule has 0 unspecified atom stereocenters. The fourth-order valence-electron chi connectivity index (χ4n) is 2.33. The van der Waals surface area contributed by atoms with Crippen molar-refractivity contribution in [2.24, 2.45) is 0 Å². The van der Waals surface area contributed by atoms with Gasteiger partial charge in [0.25, 0.3) is 0 Å². The summed E-state index contributed by atoms with van der Waals surface area (Å²) in [7, 11) is -5.06. The number of allylic oxidation sites excluding steroid dienone is 1. The first-order chi connectivity index (χ1) is 16.5. The van der Waals surface area contributed by atoms with Crippen LogP contribution in [0.25, 0.3) is 0 Å². The van der Waals surface area contributed by atoms with Gasteiger partial charge in [0.05, 0.1) is 7.94 Å². The average Bonchev–Trinajstić information content (AvgIpc) is 2.72. The number of rotatable bonds is 11. The largest absolute Gasteiger partial charge is 1.00 e. The second-order valence-corrected chi connectivity index (χ2v) is 8.67. The summed E-state index contributed by atoms with van der Waals surface area (Å²) < 4.78 is 229. The van der Waals surface area contributed by atoms with Crippen molar-refractivity contribution in [3.05, 3.63) is 41.7 Å². The van der Waals surface area contributed by atoms with Crippen molar-refractivity contribution in [1.29, 1.82) is 0 Å². The van der Waals surface area contributed by atoms with E-state index in [4.69, 9.17) is 4.89 Å². The van der Waals surface area contributed by atoms with E-state index in [1.165, 1.54) is 0 Å². The molecule has 0 bridgehead atoms. The minimum atomic E-state index is -8.66. The maximum atomic E-state index is 13.8. The van der Waals surface area contributed by atoms with Crippen molar-refractivity contribution in [2.75, 3.05) is 0 Å².